The van der Waals surface area contributed by atoms with Crippen molar-refractivity contribution in [1.29, 1.82) is 0 Å². The molecule has 0 radical (unpaired) electrons. The van der Waals surface area contributed by atoms with Crippen molar-refractivity contribution in [2.24, 2.45) is 11.8 Å². The Morgan fingerprint density at radius 3 is 2.60 bits per heavy atom. The van der Waals surface area contributed by atoms with Crippen molar-refractivity contribution in [1.82, 2.24) is 0 Å². The van der Waals surface area contributed by atoms with E-state index < -0.39 is 0 Å². The molecule has 25 heavy (non-hydrogen) atoms. The Morgan fingerprint density at radius 1 is 1.12 bits per heavy atom. The molecule has 0 bridgehead atoms. The van der Waals surface area contributed by atoms with Gasteiger partial charge in [0.05, 0.1) is 26.9 Å². The number of aliphatic hydroxyl groups excluding tert-OH is 1. The van der Waals surface area contributed by atoms with Gasteiger partial charge < -0.3 is 19.3 Å². The van der Waals surface area contributed by atoms with E-state index in [9.17, 15) is 9.50 Å². The van der Waals surface area contributed by atoms with Crippen LogP contribution < -0.4 is 9.47 Å². The quantitative estimate of drug-likeness (QED) is 0.871. The van der Waals surface area contributed by atoms with Gasteiger partial charge >= 0.3 is 0 Å². The lowest BCUT2D eigenvalue weighted by molar-refractivity contribution is 0.0717. The first kappa shape index (κ1) is 17.7. The number of aliphatic hydroxyl groups is 1. The average molecular weight is 346 g/mol. The summed E-state index contributed by atoms with van der Waals surface area (Å²) in [6.45, 7) is 0.541. The Bertz CT molecular complexity index is 719. The number of halogens is 1. The van der Waals surface area contributed by atoms with Gasteiger partial charge in [0.1, 0.15) is 5.82 Å². The molecule has 5 heteroatoms. The maximum absolute atomic E-state index is 13.4. The van der Waals surface area contributed by atoms with Crippen LogP contribution in [0.3, 0.4) is 0 Å². The van der Waals surface area contributed by atoms with E-state index in [0.29, 0.717) is 24.5 Å². The van der Waals surface area contributed by atoms with Crippen LogP contribution in [0.1, 0.15) is 17.2 Å². The molecule has 0 aliphatic carbocycles. The van der Waals surface area contributed by atoms with Gasteiger partial charge in [0, 0.05) is 12.5 Å². The van der Waals surface area contributed by atoms with Gasteiger partial charge in [0.2, 0.25) is 0 Å². The first-order valence-corrected chi connectivity index (χ1v) is 8.35. The molecular weight excluding hydrogens is 323 g/mol. The molecule has 1 fully saturated rings. The predicted molar refractivity (Wildman–Crippen MR) is 92.4 cm³/mol. The van der Waals surface area contributed by atoms with E-state index in [2.05, 4.69) is 0 Å². The summed E-state index contributed by atoms with van der Waals surface area (Å²) in [5.74, 6) is 1.12. The van der Waals surface area contributed by atoms with E-state index in [1.807, 2.05) is 24.3 Å². The maximum Gasteiger partial charge on any atom is 0.161 e. The van der Waals surface area contributed by atoms with Crippen LogP contribution in [0.5, 0.6) is 11.5 Å². The minimum atomic E-state index is -0.242. The standard InChI is InChI=1S/C20H23FO4/c1-23-18-7-6-14(10-19(18)24-2)20-17(11-22)15(12-25-20)8-13-4-3-5-16(21)9-13/h3-7,9-10,15,17,20,22H,8,11-12H2,1-2H3/t15-,17-,20+/m0/s1. The topological polar surface area (TPSA) is 47.9 Å². The second-order valence-corrected chi connectivity index (χ2v) is 6.31. The Hall–Kier alpha value is -2.11. The number of hydrogen-bond acceptors (Lipinski definition) is 4. The molecular formula is C20H23FO4. The van der Waals surface area contributed by atoms with Crippen LogP contribution >= 0.6 is 0 Å². The lowest BCUT2D eigenvalue weighted by Crippen LogP contribution is -2.21. The van der Waals surface area contributed by atoms with Gasteiger partial charge in [-0.3, -0.25) is 0 Å². The molecule has 4 nitrogen and oxygen atoms in total. The van der Waals surface area contributed by atoms with Crippen LogP contribution in [0, 0.1) is 17.7 Å². The zero-order valence-electron chi connectivity index (χ0n) is 14.4. The molecule has 2 aromatic carbocycles. The molecule has 0 unspecified atom stereocenters. The summed E-state index contributed by atoms with van der Waals surface area (Å²) in [5.41, 5.74) is 1.86. The van der Waals surface area contributed by atoms with Gasteiger partial charge in [0.25, 0.3) is 0 Å². The van der Waals surface area contributed by atoms with Crippen LogP contribution in [-0.2, 0) is 11.2 Å². The Labute approximate surface area is 147 Å². The van der Waals surface area contributed by atoms with E-state index in [4.69, 9.17) is 14.2 Å². The fraction of sp³-hybridized carbons (Fsp3) is 0.400. The molecule has 0 spiro atoms. The first-order valence-electron chi connectivity index (χ1n) is 8.35. The van der Waals surface area contributed by atoms with Crippen molar-refractivity contribution in [3.63, 3.8) is 0 Å². The van der Waals surface area contributed by atoms with Crippen molar-refractivity contribution >= 4 is 0 Å². The summed E-state index contributed by atoms with van der Waals surface area (Å²) in [6, 6.07) is 12.2. The fourth-order valence-corrected chi connectivity index (χ4v) is 3.52. The molecule has 0 aromatic heterocycles. The first-order chi connectivity index (χ1) is 12.2. The van der Waals surface area contributed by atoms with Crippen molar-refractivity contribution < 1.29 is 23.7 Å². The molecule has 1 N–H and O–H groups in total. The summed E-state index contributed by atoms with van der Waals surface area (Å²) in [5, 5.41) is 9.92. The molecule has 0 amide bonds. The summed E-state index contributed by atoms with van der Waals surface area (Å²) in [4.78, 5) is 0. The van der Waals surface area contributed by atoms with Crippen molar-refractivity contribution in [3.05, 3.63) is 59.4 Å². The minimum Gasteiger partial charge on any atom is -0.493 e. The van der Waals surface area contributed by atoms with Gasteiger partial charge in [-0.2, -0.15) is 0 Å². The third-order valence-corrected chi connectivity index (χ3v) is 4.82. The van der Waals surface area contributed by atoms with Crippen LogP contribution in [0.2, 0.25) is 0 Å². The third-order valence-electron chi connectivity index (χ3n) is 4.82. The molecule has 1 heterocycles. The number of ether oxygens (including phenoxy) is 3. The summed E-state index contributed by atoms with van der Waals surface area (Å²) in [6.07, 6.45) is 0.454. The van der Waals surface area contributed by atoms with Crippen LogP contribution in [0.15, 0.2) is 42.5 Å². The van der Waals surface area contributed by atoms with Crippen molar-refractivity contribution in [3.8, 4) is 11.5 Å². The normalized spacial score (nSPS) is 22.8. The molecule has 3 rings (SSSR count). The molecule has 1 aliphatic heterocycles. The van der Waals surface area contributed by atoms with Crippen molar-refractivity contribution in [2.45, 2.75) is 12.5 Å². The zero-order chi connectivity index (χ0) is 17.8. The summed E-state index contributed by atoms with van der Waals surface area (Å²) < 4.78 is 30.0. The van der Waals surface area contributed by atoms with Gasteiger partial charge in [0.15, 0.2) is 11.5 Å². The van der Waals surface area contributed by atoms with E-state index in [1.165, 1.54) is 12.1 Å². The molecule has 1 aliphatic rings. The molecule has 134 valence electrons. The molecule has 0 saturated carbocycles. The second kappa shape index (κ2) is 7.85. The number of benzene rings is 2. The van der Waals surface area contributed by atoms with Crippen LogP contribution in [0.25, 0.3) is 0 Å². The lowest BCUT2D eigenvalue weighted by Gasteiger charge is -2.22. The Kier molecular flexibility index (Phi) is 5.56. The largest absolute Gasteiger partial charge is 0.493 e. The molecule has 3 atom stereocenters. The van der Waals surface area contributed by atoms with E-state index in [0.717, 1.165) is 11.1 Å². The van der Waals surface area contributed by atoms with Gasteiger partial charge in [-0.05, 0) is 47.7 Å². The van der Waals surface area contributed by atoms with E-state index in [1.54, 1.807) is 20.3 Å². The third kappa shape index (κ3) is 3.78. The summed E-state index contributed by atoms with van der Waals surface area (Å²) in [7, 11) is 3.18. The van der Waals surface area contributed by atoms with E-state index >= 15 is 0 Å². The highest BCUT2D eigenvalue weighted by atomic mass is 19.1. The Balaban J connectivity index is 1.79. The highest BCUT2D eigenvalue weighted by Crippen LogP contribution is 2.42. The SMILES string of the molecule is COc1ccc([C@H]2OC[C@H](Cc3cccc(F)c3)[C@@H]2CO)cc1OC. The maximum atomic E-state index is 13.4. The minimum absolute atomic E-state index is 0.0129. The smallest absolute Gasteiger partial charge is 0.161 e. The van der Waals surface area contributed by atoms with Gasteiger partial charge in [-0.1, -0.05) is 18.2 Å². The molecule has 2 aromatic rings. The van der Waals surface area contributed by atoms with Gasteiger partial charge in [-0.15, -0.1) is 0 Å². The van der Waals surface area contributed by atoms with Crippen LogP contribution in [0.4, 0.5) is 4.39 Å². The fourth-order valence-electron chi connectivity index (χ4n) is 3.52. The van der Waals surface area contributed by atoms with Gasteiger partial charge in [-0.25, -0.2) is 4.39 Å². The average Bonchev–Trinajstić information content (AvgIpc) is 3.03. The second-order valence-electron chi connectivity index (χ2n) is 6.31. The number of rotatable bonds is 6. The zero-order valence-corrected chi connectivity index (χ0v) is 14.4. The monoisotopic (exact) mass is 346 g/mol. The number of methoxy groups -OCH3 is 2. The summed E-state index contributed by atoms with van der Waals surface area (Å²) >= 11 is 0. The lowest BCUT2D eigenvalue weighted by atomic mass is 9.84. The Morgan fingerprint density at radius 2 is 1.92 bits per heavy atom. The predicted octanol–water partition coefficient (Wildman–Crippen LogP) is 3.38. The highest BCUT2D eigenvalue weighted by molar-refractivity contribution is 5.43. The number of hydrogen-bond donors (Lipinski definition) is 1. The van der Waals surface area contributed by atoms with Crippen molar-refractivity contribution in [2.75, 3.05) is 27.4 Å². The van der Waals surface area contributed by atoms with Crippen LogP contribution in [-0.4, -0.2) is 32.5 Å². The highest BCUT2D eigenvalue weighted by Gasteiger charge is 2.38. The van der Waals surface area contributed by atoms with E-state index in [-0.39, 0.29) is 30.4 Å². The molecule has 1 saturated heterocycles.